The molecule has 1 heterocycles. The van der Waals surface area contributed by atoms with Crippen molar-refractivity contribution in [1.29, 1.82) is 0 Å². The highest BCUT2D eigenvalue weighted by Gasteiger charge is 2.17. The minimum Gasteiger partial charge on any atom is -0.478 e. The standard InChI is InChI=1S/C19H15NO3/c21-17-13-16(19(22)23)11-12-20(17)18(14-7-3-1-4-8-14)15-9-5-2-6-10-15/h1-13,18H,(H,22,23). The van der Waals surface area contributed by atoms with Gasteiger partial charge < -0.3 is 9.67 Å². The van der Waals surface area contributed by atoms with E-state index in [0.29, 0.717) is 0 Å². The SMILES string of the molecule is O=C(O)c1ccn(C(c2ccccc2)c2ccccc2)c(=O)c1. The Hall–Kier alpha value is -3.14. The summed E-state index contributed by atoms with van der Waals surface area (Å²) >= 11 is 0. The first-order valence-corrected chi connectivity index (χ1v) is 7.22. The summed E-state index contributed by atoms with van der Waals surface area (Å²) in [6.45, 7) is 0. The van der Waals surface area contributed by atoms with Crippen LogP contribution in [0.1, 0.15) is 27.5 Å². The second kappa shape index (κ2) is 6.32. The van der Waals surface area contributed by atoms with Crippen LogP contribution in [-0.4, -0.2) is 15.6 Å². The molecule has 2 aromatic carbocycles. The van der Waals surface area contributed by atoms with E-state index in [1.165, 1.54) is 12.3 Å². The molecule has 0 unspecified atom stereocenters. The van der Waals surface area contributed by atoms with Crippen molar-refractivity contribution < 1.29 is 9.90 Å². The highest BCUT2D eigenvalue weighted by Crippen LogP contribution is 2.25. The molecule has 4 nitrogen and oxygen atoms in total. The lowest BCUT2D eigenvalue weighted by molar-refractivity contribution is 0.0696. The maximum atomic E-state index is 12.4. The Morgan fingerprint density at radius 1 is 0.870 bits per heavy atom. The van der Waals surface area contributed by atoms with E-state index in [0.717, 1.165) is 17.2 Å². The summed E-state index contributed by atoms with van der Waals surface area (Å²) in [5.74, 6) is -1.11. The van der Waals surface area contributed by atoms with Gasteiger partial charge in [-0.1, -0.05) is 60.7 Å². The van der Waals surface area contributed by atoms with Gasteiger partial charge in [0.2, 0.25) is 0 Å². The van der Waals surface area contributed by atoms with E-state index in [2.05, 4.69) is 0 Å². The Kier molecular flexibility index (Phi) is 4.06. The largest absolute Gasteiger partial charge is 0.478 e. The maximum absolute atomic E-state index is 12.4. The lowest BCUT2D eigenvalue weighted by Gasteiger charge is -2.21. The molecule has 0 radical (unpaired) electrons. The summed E-state index contributed by atoms with van der Waals surface area (Å²) in [6.07, 6.45) is 1.54. The van der Waals surface area contributed by atoms with Crippen molar-refractivity contribution in [3.05, 3.63) is 106 Å². The van der Waals surface area contributed by atoms with Crippen molar-refractivity contribution >= 4 is 5.97 Å². The number of carboxylic acids is 1. The Balaban J connectivity index is 2.17. The average molecular weight is 305 g/mol. The van der Waals surface area contributed by atoms with Gasteiger partial charge in [-0.2, -0.15) is 0 Å². The van der Waals surface area contributed by atoms with Crippen LogP contribution in [0.25, 0.3) is 0 Å². The molecule has 3 rings (SSSR count). The number of hydrogen-bond acceptors (Lipinski definition) is 2. The first-order valence-electron chi connectivity index (χ1n) is 7.22. The van der Waals surface area contributed by atoms with Gasteiger partial charge in [-0.05, 0) is 17.2 Å². The summed E-state index contributed by atoms with van der Waals surface area (Å²) in [5, 5.41) is 9.02. The van der Waals surface area contributed by atoms with E-state index in [4.69, 9.17) is 5.11 Å². The van der Waals surface area contributed by atoms with E-state index in [1.807, 2.05) is 60.7 Å². The molecule has 3 aromatic rings. The second-order valence-corrected chi connectivity index (χ2v) is 5.19. The topological polar surface area (TPSA) is 59.3 Å². The number of carbonyl (C=O) groups is 1. The number of hydrogen-bond donors (Lipinski definition) is 1. The summed E-state index contributed by atoms with van der Waals surface area (Å²) < 4.78 is 1.55. The van der Waals surface area contributed by atoms with Gasteiger partial charge in [0, 0.05) is 12.3 Å². The Bertz CT molecular complexity index is 830. The van der Waals surface area contributed by atoms with E-state index < -0.39 is 5.97 Å². The predicted molar refractivity (Wildman–Crippen MR) is 87.8 cm³/mol. The molecular formula is C19H15NO3. The Labute approximate surface area is 133 Å². The van der Waals surface area contributed by atoms with Gasteiger partial charge >= 0.3 is 5.97 Å². The number of benzene rings is 2. The highest BCUT2D eigenvalue weighted by molar-refractivity contribution is 5.87. The Morgan fingerprint density at radius 3 is 1.83 bits per heavy atom. The fraction of sp³-hybridized carbons (Fsp3) is 0.0526. The third kappa shape index (κ3) is 3.06. The first kappa shape index (κ1) is 14.8. The summed E-state index contributed by atoms with van der Waals surface area (Å²) in [7, 11) is 0. The zero-order chi connectivity index (χ0) is 16.2. The number of aromatic carboxylic acids is 1. The number of carboxylic acid groups (broad SMARTS) is 1. The van der Waals surface area contributed by atoms with E-state index in [1.54, 1.807) is 4.57 Å². The molecule has 0 saturated carbocycles. The second-order valence-electron chi connectivity index (χ2n) is 5.19. The number of pyridine rings is 1. The number of aromatic nitrogens is 1. The van der Waals surface area contributed by atoms with Gasteiger partial charge in [0.15, 0.2) is 0 Å². The zero-order valence-electron chi connectivity index (χ0n) is 12.3. The monoisotopic (exact) mass is 305 g/mol. The van der Waals surface area contributed by atoms with Gasteiger partial charge in [0.25, 0.3) is 5.56 Å². The van der Waals surface area contributed by atoms with Gasteiger partial charge in [-0.25, -0.2) is 4.79 Å². The molecule has 4 heteroatoms. The first-order chi connectivity index (χ1) is 11.2. The molecule has 0 fully saturated rings. The number of rotatable bonds is 4. The Morgan fingerprint density at radius 2 is 1.39 bits per heavy atom. The van der Waals surface area contributed by atoms with Crippen molar-refractivity contribution in [3.63, 3.8) is 0 Å². The lowest BCUT2D eigenvalue weighted by Crippen LogP contribution is -2.26. The molecule has 0 aliphatic heterocycles. The zero-order valence-corrected chi connectivity index (χ0v) is 12.3. The van der Waals surface area contributed by atoms with Gasteiger partial charge in [-0.15, -0.1) is 0 Å². The molecule has 1 aromatic heterocycles. The van der Waals surface area contributed by atoms with Gasteiger partial charge in [0.1, 0.15) is 0 Å². The van der Waals surface area contributed by atoms with Crippen molar-refractivity contribution in [2.75, 3.05) is 0 Å². The molecule has 1 N–H and O–H groups in total. The molecule has 0 aliphatic rings. The molecule has 23 heavy (non-hydrogen) atoms. The predicted octanol–water partition coefficient (Wildman–Crippen LogP) is 3.18. The van der Waals surface area contributed by atoms with Crippen LogP contribution >= 0.6 is 0 Å². The summed E-state index contributed by atoms with van der Waals surface area (Å²) in [6, 6.07) is 21.6. The van der Waals surface area contributed by atoms with E-state index in [9.17, 15) is 9.59 Å². The fourth-order valence-electron chi connectivity index (χ4n) is 2.62. The van der Waals surface area contributed by atoms with Crippen LogP contribution in [-0.2, 0) is 0 Å². The highest BCUT2D eigenvalue weighted by atomic mass is 16.4. The van der Waals surface area contributed by atoms with Crippen LogP contribution in [0.2, 0.25) is 0 Å². The van der Waals surface area contributed by atoms with Crippen molar-refractivity contribution in [2.24, 2.45) is 0 Å². The quantitative estimate of drug-likeness (QED) is 0.805. The van der Waals surface area contributed by atoms with E-state index >= 15 is 0 Å². The van der Waals surface area contributed by atoms with Crippen LogP contribution in [0.3, 0.4) is 0 Å². The average Bonchev–Trinajstić information content (AvgIpc) is 2.58. The molecule has 114 valence electrons. The maximum Gasteiger partial charge on any atom is 0.335 e. The van der Waals surface area contributed by atoms with Crippen molar-refractivity contribution in [1.82, 2.24) is 4.57 Å². The van der Waals surface area contributed by atoms with Crippen LogP contribution in [0, 0.1) is 0 Å². The van der Waals surface area contributed by atoms with Gasteiger partial charge in [-0.3, -0.25) is 4.79 Å². The summed E-state index contributed by atoms with van der Waals surface area (Å²) in [5.41, 5.74) is 1.57. The molecule has 0 amide bonds. The smallest absolute Gasteiger partial charge is 0.335 e. The van der Waals surface area contributed by atoms with Crippen LogP contribution in [0.5, 0.6) is 0 Å². The number of nitrogens with zero attached hydrogens (tertiary/aromatic N) is 1. The summed E-state index contributed by atoms with van der Waals surface area (Å²) in [4.78, 5) is 23.5. The molecule has 0 aliphatic carbocycles. The third-order valence-corrected chi connectivity index (χ3v) is 3.70. The van der Waals surface area contributed by atoms with Crippen molar-refractivity contribution in [3.8, 4) is 0 Å². The lowest BCUT2D eigenvalue weighted by atomic mass is 9.98. The normalized spacial score (nSPS) is 10.7. The van der Waals surface area contributed by atoms with E-state index in [-0.39, 0.29) is 17.2 Å². The van der Waals surface area contributed by atoms with Crippen LogP contribution in [0.4, 0.5) is 0 Å². The van der Waals surface area contributed by atoms with Gasteiger partial charge in [0.05, 0.1) is 11.6 Å². The fourth-order valence-corrected chi connectivity index (χ4v) is 2.62. The molecule has 0 atom stereocenters. The van der Waals surface area contributed by atoms with Crippen molar-refractivity contribution in [2.45, 2.75) is 6.04 Å². The molecular weight excluding hydrogens is 290 g/mol. The van der Waals surface area contributed by atoms with Crippen LogP contribution < -0.4 is 5.56 Å². The minimum absolute atomic E-state index is 0.00822. The third-order valence-electron chi connectivity index (χ3n) is 3.70. The molecule has 0 bridgehead atoms. The van der Waals surface area contributed by atoms with Crippen LogP contribution in [0.15, 0.2) is 83.8 Å². The molecule has 0 saturated heterocycles. The minimum atomic E-state index is -1.11. The molecule has 0 spiro atoms.